The van der Waals surface area contributed by atoms with Gasteiger partial charge in [-0.25, -0.2) is 4.68 Å². The van der Waals surface area contributed by atoms with E-state index in [-0.39, 0.29) is 17.4 Å². The number of ether oxygens (including phenoxy) is 1. The molecule has 1 N–H and O–H groups in total. The Bertz CT molecular complexity index is 607. The Kier molecular flexibility index (Phi) is 3.09. The average Bonchev–Trinajstić information content (AvgIpc) is 2.74. The summed E-state index contributed by atoms with van der Waals surface area (Å²) in [4.78, 5) is 0. The first-order valence-electron chi connectivity index (χ1n) is 6.00. The van der Waals surface area contributed by atoms with Crippen LogP contribution in [0.3, 0.4) is 0 Å². The number of para-hydroxylation sites is 1. The number of alkyl halides is 3. The predicted molar refractivity (Wildman–Crippen MR) is 64.0 cm³/mol. The summed E-state index contributed by atoms with van der Waals surface area (Å²) in [5.74, 6) is -0.279. The maximum absolute atomic E-state index is 12.4. The molecular weight excluding hydrogens is 273 g/mol. The molecule has 8 heteroatoms. The fourth-order valence-corrected chi connectivity index (χ4v) is 1.93. The van der Waals surface area contributed by atoms with Gasteiger partial charge in [0.15, 0.2) is 0 Å². The minimum absolute atomic E-state index is 0.201. The largest absolute Gasteiger partial charge is 0.573 e. The second-order valence-corrected chi connectivity index (χ2v) is 4.44. The van der Waals surface area contributed by atoms with Crippen molar-refractivity contribution in [2.75, 3.05) is 13.1 Å². The van der Waals surface area contributed by atoms with Crippen molar-refractivity contribution in [2.45, 2.75) is 12.4 Å². The highest BCUT2D eigenvalue weighted by Gasteiger charge is 2.32. The molecule has 0 amide bonds. The Morgan fingerprint density at radius 3 is 2.65 bits per heavy atom. The van der Waals surface area contributed by atoms with E-state index in [1.165, 1.54) is 18.2 Å². The van der Waals surface area contributed by atoms with Crippen molar-refractivity contribution in [2.24, 2.45) is 0 Å². The van der Waals surface area contributed by atoms with Crippen LogP contribution in [0.2, 0.25) is 0 Å². The Morgan fingerprint density at radius 1 is 1.25 bits per heavy atom. The molecule has 20 heavy (non-hydrogen) atoms. The fraction of sp³-hybridized carbons (Fsp3) is 0.333. The molecule has 0 atom stereocenters. The summed E-state index contributed by atoms with van der Waals surface area (Å²) in [6.07, 6.45) is -3.10. The lowest BCUT2D eigenvalue weighted by atomic mass is 10.1. The molecule has 1 aliphatic heterocycles. The van der Waals surface area contributed by atoms with Gasteiger partial charge >= 0.3 is 6.36 Å². The van der Waals surface area contributed by atoms with Crippen molar-refractivity contribution >= 4 is 0 Å². The maximum Gasteiger partial charge on any atom is 0.573 e. The number of nitrogens with zero attached hydrogens (tertiary/aromatic N) is 3. The van der Waals surface area contributed by atoms with E-state index >= 15 is 0 Å². The van der Waals surface area contributed by atoms with Crippen LogP contribution in [-0.2, 0) is 0 Å². The molecular formula is C12H11F3N4O. The summed E-state index contributed by atoms with van der Waals surface area (Å²) >= 11 is 0. The summed E-state index contributed by atoms with van der Waals surface area (Å²) in [6, 6.07) is 6.08. The highest BCUT2D eigenvalue weighted by molar-refractivity contribution is 5.66. The molecule has 0 spiro atoms. The molecule has 2 heterocycles. The number of nitrogens with one attached hydrogen (secondary N) is 1. The van der Waals surface area contributed by atoms with Crippen molar-refractivity contribution in [1.29, 1.82) is 0 Å². The molecule has 5 nitrogen and oxygen atoms in total. The quantitative estimate of drug-likeness (QED) is 0.936. The van der Waals surface area contributed by atoms with Gasteiger partial charge in [-0.3, -0.25) is 0 Å². The van der Waals surface area contributed by atoms with E-state index < -0.39 is 6.36 Å². The lowest BCUT2D eigenvalue weighted by Crippen LogP contribution is -2.43. The molecule has 1 saturated heterocycles. The van der Waals surface area contributed by atoms with Crippen LogP contribution in [0.5, 0.6) is 5.75 Å². The van der Waals surface area contributed by atoms with Crippen molar-refractivity contribution in [1.82, 2.24) is 20.3 Å². The summed E-state index contributed by atoms with van der Waals surface area (Å²) in [6.45, 7) is 1.56. The topological polar surface area (TPSA) is 52.0 Å². The first-order valence-corrected chi connectivity index (χ1v) is 6.00. The van der Waals surface area contributed by atoms with E-state index in [4.69, 9.17) is 0 Å². The molecule has 106 valence electrons. The summed E-state index contributed by atoms with van der Waals surface area (Å²) in [7, 11) is 0. The highest BCUT2D eigenvalue weighted by Crippen LogP contribution is 2.32. The number of aromatic nitrogens is 3. The van der Waals surface area contributed by atoms with Gasteiger partial charge in [0.2, 0.25) is 0 Å². The number of hydrogen-bond donors (Lipinski definition) is 1. The molecule has 3 rings (SSSR count). The van der Waals surface area contributed by atoms with Gasteiger partial charge in [0.25, 0.3) is 0 Å². The molecule has 0 aliphatic carbocycles. The second kappa shape index (κ2) is 4.78. The second-order valence-electron chi connectivity index (χ2n) is 4.44. The van der Waals surface area contributed by atoms with Crippen LogP contribution in [0.1, 0.15) is 6.04 Å². The van der Waals surface area contributed by atoms with Crippen LogP contribution in [0, 0.1) is 0 Å². The van der Waals surface area contributed by atoms with Crippen LogP contribution in [0.4, 0.5) is 13.2 Å². The fourth-order valence-electron chi connectivity index (χ4n) is 1.93. The lowest BCUT2D eigenvalue weighted by Gasteiger charge is -2.26. The molecule has 0 radical (unpaired) electrons. The summed E-state index contributed by atoms with van der Waals surface area (Å²) < 4.78 is 42.7. The highest BCUT2D eigenvalue weighted by atomic mass is 19.4. The van der Waals surface area contributed by atoms with Crippen molar-refractivity contribution < 1.29 is 17.9 Å². The molecule has 1 aromatic carbocycles. The van der Waals surface area contributed by atoms with E-state index in [0.717, 1.165) is 13.1 Å². The van der Waals surface area contributed by atoms with Crippen LogP contribution in [-0.4, -0.2) is 34.4 Å². The number of halogens is 3. The van der Waals surface area contributed by atoms with Crippen LogP contribution in [0.15, 0.2) is 30.5 Å². The molecule has 1 aliphatic rings. The smallest absolute Gasteiger partial charge is 0.405 e. The number of rotatable bonds is 3. The Morgan fingerprint density at radius 2 is 2.00 bits per heavy atom. The van der Waals surface area contributed by atoms with Crippen LogP contribution < -0.4 is 10.1 Å². The Balaban J connectivity index is 1.91. The molecule has 0 saturated carbocycles. The first kappa shape index (κ1) is 12.9. The van der Waals surface area contributed by atoms with Gasteiger partial charge in [-0.15, -0.1) is 18.3 Å². The Hall–Kier alpha value is -2.09. The van der Waals surface area contributed by atoms with Gasteiger partial charge in [-0.2, -0.15) is 0 Å². The zero-order chi connectivity index (χ0) is 14.2. The van der Waals surface area contributed by atoms with E-state index in [2.05, 4.69) is 20.4 Å². The lowest BCUT2D eigenvalue weighted by molar-refractivity contribution is -0.274. The van der Waals surface area contributed by atoms with E-state index in [1.807, 2.05) is 0 Å². The standard InChI is InChI=1S/C12H11F3N4O/c13-12(14,15)20-11-4-2-1-3-9(11)10-7-19(18-17-10)8-5-16-6-8/h1-4,7-8,16H,5-6H2. The third kappa shape index (κ3) is 2.60. The first-order chi connectivity index (χ1) is 9.53. The van der Waals surface area contributed by atoms with E-state index in [0.29, 0.717) is 5.69 Å². The summed E-state index contributed by atoms with van der Waals surface area (Å²) in [5, 5.41) is 10.9. The monoisotopic (exact) mass is 284 g/mol. The van der Waals surface area contributed by atoms with Gasteiger partial charge in [0.1, 0.15) is 11.4 Å². The van der Waals surface area contributed by atoms with Gasteiger partial charge in [-0.05, 0) is 12.1 Å². The van der Waals surface area contributed by atoms with Gasteiger partial charge in [-0.1, -0.05) is 17.3 Å². The van der Waals surface area contributed by atoms with Crippen molar-refractivity contribution in [3.63, 3.8) is 0 Å². The zero-order valence-corrected chi connectivity index (χ0v) is 10.3. The molecule has 0 unspecified atom stereocenters. The van der Waals surface area contributed by atoms with Gasteiger partial charge in [0, 0.05) is 18.7 Å². The summed E-state index contributed by atoms with van der Waals surface area (Å²) in [5.41, 5.74) is 0.625. The molecule has 0 bridgehead atoms. The maximum atomic E-state index is 12.4. The van der Waals surface area contributed by atoms with Crippen molar-refractivity contribution in [3.05, 3.63) is 30.5 Å². The predicted octanol–water partition coefficient (Wildman–Crippen LogP) is 1.99. The minimum Gasteiger partial charge on any atom is -0.405 e. The number of hydrogen-bond acceptors (Lipinski definition) is 4. The third-order valence-corrected chi connectivity index (χ3v) is 3.03. The normalized spacial score (nSPS) is 15.9. The number of benzene rings is 1. The molecule has 1 fully saturated rings. The molecule has 2 aromatic rings. The third-order valence-electron chi connectivity index (χ3n) is 3.03. The minimum atomic E-state index is -4.73. The van der Waals surface area contributed by atoms with E-state index in [1.54, 1.807) is 16.9 Å². The average molecular weight is 284 g/mol. The van der Waals surface area contributed by atoms with Crippen molar-refractivity contribution in [3.8, 4) is 17.0 Å². The van der Waals surface area contributed by atoms with Gasteiger partial charge < -0.3 is 10.1 Å². The van der Waals surface area contributed by atoms with E-state index in [9.17, 15) is 13.2 Å². The van der Waals surface area contributed by atoms with Crippen LogP contribution >= 0.6 is 0 Å². The van der Waals surface area contributed by atoms with Gasteiger partial charge in [0.05, 0.1) is 12.2 Å². The van der Waals surface area contributed by atoms with Crippen LogP contribution in [0.25, 0.3) is 11.3 Å². The molecule has 1 aromatic heterocycles. The SMILES string of the molecule is FC(F)(F)Oc1ccccc1-c1cn(C2CNC2)nn1. The zero-order valence-electron chi connectivity index (χ0n) is 10.3. The Labute approximate surface area is 112 Å².